The number of aryl methyl sites for hydroxylation is 1. The van der Waals surface area contributed by atoms with Gasteiger partial charge in [0, 0.05) is 18.5 Å². The molecule has 1 aromatic carbocycles. The van der Waals surface area contributed by atoms with Gasteiger partial charge in [-0.3, -0.25) is 10.1 Å². The Bertz CT molecular complexity index is 467. The highest BCUT2D eigenvalue weighted by Gasteiger charge is 1.99. The number of benzene rings is 1. The topological polar surface area (TPSA) is 79.2 Å². The van der Waals surface area contributed by atoms with Crippen molar-refractivity contribution in [1.82, 2.24) is 16.0 Å². The largest absolute Gasteiger partial charge is 0.370 e. The van der Waals surface area contributed by atoms with Gasteiger partial charge in [0.2, 0.25) is 0 Å². The van der Waals surface area contributed by atoms with Gasteiger partial charge in [0.1, 0.15) is 0 Å². The number of nitrogens with zero attached hydrogens (tertiary/aromatic N) is 1. The van der Waals surface area contributed by atoms with Gasteiger partial charge in [-0.1, -0.05) is 17.7 Å². The summed E-state index contributed by atoms with van der Waals surface area (Å²) in [5.74, 6) is 1.41. The first-order chi connectivity index (χ1) is 10.5. The predicted octanol–water partition coefficient (Wildman–Crippen LogP) is 2.20. The highest BCUT2D eigenvalue weighted by atomic mass is 32.2. The predicted molar refractivity (Wildman–Crippen MR) is 93.6 cm³/mol. The summed E-state index contributed by atoms with van der Waals surface area (Å²) in [5, 5.41) is 18.8. The second-order valence-electron chi connectivity index (χ2n) is 4.52. The van der Waals surface area contributed by atoms with Crippen LogP contribution in [0.4, 0.5) is 0 Å². The monoisotopic (exact) mass is 326 g/mol. The Kier molecular flexibility index (Phi) is 11.9. The fourth-order valence-corrected chi connectivity index (χ4v) is 2.46. The normalized spacial score (nSPS) is 10.5. The zero-order chi connectivity index (χ0) is 16.8. The SMILES string of the molecule is CNC.CNC(=C[N+](=O)[O-])NCCCSc1cccc(C)c1. The van der Waals surface area contributed by atoms with Crippen molar-refractivity contribution in [3.05, 3.63) is 52.0 Å². The van der Waals surface area contributed by atoms with Crippen molar-refractivity contribution in [2.45, 2.75) is 18.2 Å². The first-order valence-electron chi connectivity index (χ1n) is 7.08. The van der Waals surface area contributed by atoms with E-state index in [1.165, 1.54) is 10.5 Å². The summed E-state index contributed by atoms with van der Waals surface area (Å²) in [5.41, 5.74) is 1.26. The van der Waals surface area contributed by atoms with Crippen LogP contribution in [0.1, 0.15) is 12.0 Å². The lowest BCUT2D eigenvalue weighted by Crippen LogP contribution is -2.25. The van der Waals surface area contributed by atoms with Crippen LogP contribution < -0.4 is 16.0 Å². The Labute approximate surface area is 136 Å². The Morgan fingerprint density at radius 2 is 2.05 bits per heavy atom. The molecule has 0 unspecified atom stereocenters. The van der Waals surface area contributed by atoms with Gasteiger partial charge in [-0.05, 0) is 45.3 Å². The maximum absolute atomic E-state index is 10.3. The average molecular weight is 326 g/mol. The molecule has 0 bridgehead atoms. The van der Waals surface area contributed by atoms with Gasteiger partial charge in [0.05, 0.1) is 4.92 Å². The molecule has 7 heteroatoms. The van der Waals surface area contributed by atoms with Crippen LogP contribution in [0.25, 0.3) is 0 Å². The molecular weight excluding hydrogens is 300 g/mol. The zero-order valence-electron chi connectivity index (χ0n) is 13.7. The fraction of sp³-hybridized carbons (Fsp3) is 0.467. The van der Waals surface area contributed by atoms with Crippen LogP contribution in [0, 0.1) is 17.0 Å². The molecule has 0 atom stereocenters. The molecule has 0 aliphatic carbocycles. The summed E-state index contributed by atoms with van der Waals surface area (Å²) in [6.45, 7) is 2.78. The zero-order valence-corrected chi connectivity index (χ0v) is 14.5. The smallest absolute Gasteiger partial charge is 0.274 e. The third-order valence-corrected chi connectivity index (χ3v) is 3.48. The van der Waals surface area contributed by atoms with Gasteiger partial charge in [0.25, 0.3) is 6.20 Å². The number of rotatable bonds is 8. The third-order valence-electron chi connectivity index (χ3n) is 2.40. The van der Waals surface area contributed by atoms with E-state index in [4.69, 9.17) is 0 Å². The molecule has 124 valence electrons. The minimum atomic E-state index is -0.472. The van der Waals surface area contributed by atoms with E-state index >= 15 is 0 Å². The number of hydrogen-bond acceptors (Lipinski definition) is 6. The van der Waals surface area contributed by atoms with Crippen molar-refractivity contribution in [2.75, 3.05) is 33.4 Å². The number of hydrogen-bond donors (Lipinski definition) is 3. The summed E-state index contributed by atoms with van der Waals surface area (Å²) in [7, 11) is 5.41. The Morgan fingerprint density at radius 3 is 2.59 bits per heavy atom. The summed E-state index contributed by atoms with van der Waals surface area (Å²) in [4.78, 5) is 11.1. The molecule has 0 fully saturated rings. The van der Waals surface area contributed by atoms with E-state index in [0.717, 1.165) is 18.4 Å². The van der Waals surface area contributed by atoms with Crippen LogP contribution in [0.3, 0.4) is 0 Å². The van der Waals surface area contributed by atoms with Crippen LogP contribution in [0.2, 0.25) is 0 Å². The first kappa shape index (κ1) is 20.3. The van der Waals surface area contributed by atoms with Crippen LogP contribution in [-0.4, -0.2) is 38.4 Å². The van der Waals surface area contributed by atoms with Gasteiger partial charge in [0.15, 0.2) is 5.82 Å². The molecule has 6 nitrogen and oxygen atoms in total. The molecule has 0 saturated carbocycles. The third kappa shape index (κ3) is 11.0. The summed E-state index contributed by atoms with van der Waals surface area (Å²) >= 11 is 1.79. The Hall–Kier alpha value is -1.73. The molecule has 1 rings (SSSR count). The maximum atomic E-state index is 10.3. The first-order valence-corrected chi connectivity index (χ1v) is 8.07. The van der Waals surface area contributed by atoms with Gasteiger partial charge in [-0.2, -0.15) is 0 Å². The van der Waals surface area contributed by atoms with Gasteiger partial charge in [-0.25, -0.2) is 0 Å². The lowest BCUT2D eigenvalue weighted by atomic mass is 10.2. The van der Waals surface area contributed by atoms with Gasteiger partial charge in [-0.15, -0.1) is 11.8 Å². The molecule has 0 aromatic heterocycles. The van der Waals surface area contributed by atoms with Crippen molar-refractivity contribution in [3.8, 4) is 0 Å². The van der Waals surface area contributed by atoms with Crippen molar-refractivity contribution >= 4 is 11.8 Å². The van der Waals surface area contributed by atoms with Crippen molar-refractivity contribution in [2.24, 2.45) is 0 Å². The van der Waals surface area contributed by atoms with Gasteiger partial charge >= 0.3 is 0 Å². The molecule has 22 heavy (non-hydrogen) atoms. The Morgan fingerprint density at radius 1 is 1.36 bits per heavy atom. The van der Waals surface area contributed by atoms with Crippen LogP contribution in [-0.2, 0) is 0 Å². The molecule has 1 aromatic rings. The lowest BCUT2D eigenvalue weighted by molar-refractivity contribution is -0.404. The average Bonchev–Trinajstić information content (AvgIpc) is 2.46. The number of thioether (sulfide) groups is 1. The molecule has 0 amide bonds. The molecule has 0 aliphatic heterocycles. The summed E-state index contributed by atoms with van der Waals surface area (Å²) in [6.07, 6.45) is 1.88. The highest BCUT2D eigenvalue weighted by molar-refractivity contribution is 7.99. The lowest BCUT2D eigenvalue weighted by Gasteiger charge is -2.07. The van der Waals surface area contributed by atoms with Crippen LogP contribution >= 0.6 is 11.8 Å². The molecule has 0 spiro atoms. The van der Waals surface area contributed by atoms with E-state index in [2.05, 4.69) is 47.1 Å². The summed E-state index contributed by atoms with van der Waals surface area (Å²) < 4.78 is 0. The molecule has 3 N–H and O–H groups in total. The maximum Gasteiger partial charge on any atom is 0.274 e. The van der Waals surface area contributed by atoms with E-state index in [-0.39, 0.29) is 0 Å². The minimum absolute atomic E-state index is 0.436. The van der Waals surface area contributed by atoms with E-state index in [0.29, 0.717) is 12.4 Å². The van der Waals surface area contributed by atoms with Gasteiger partial charge < -0.3 is 16.0 Å². The second-order valence-corrected chi connectivity index (χ2v) is 5.69. The van der Waals surface area contributed by atoms with Crippen molar-refractivity contribution < 1.29 is 4.92 Å². The van der Waals surface area contributed by atoms with E-state index in [1.807, 2.05) is 14.1 Å². The molecule has 0 saturated heterocycles. The van der Waals surface area contributed by atoms with E-state index < -0.39 is 4.92 Å². The molecule has 0 radical (unpaired) electrons. The van der Waals surface area contributed by atoms with Crippen LogP contribution in [0.5, 0.6) is 0 Å². The highest BCUT2D eigenvalue weighted by Crippen LogP contribution is 2.19. The molecule has 0 heterocycles. The minimum Gasteiger partial charge on any atom is -0.370 e. The standard InChI is InChI=1S/C13H19N3O2S.C2H7N/c1-11-5-3-6-12(9-11)19-8-4-7-15-13(14-2)10-16(17)18;1-3-2/h3,5-6,9-10,14-15H,4,7-8H2,1-2H3;3H,1-2H3. The second kappa shape index (κ2) is 13.0. The number of nitro groups is 1. The van der Waals surface area contributed by atoms with E-state index in [1.54, 1.807) is 18.8 Å². The fourth-order valence-electron chi connectivity index (χ4n) is 1.49. The van der Waals surface area contributed by atoms with E-state index in [9.17, 15) is 10.1 Å². The number of nitrogens with one attached hydrogen (secondary N) is 3. The Balaban J connectivity index is 0.00000135. The molecule has 0 aliphatic rings. The van der Waals surface area contributed by atoms with Crippen molar-refractivity contribution in [1.29, 1.82) is 0 Å². The molecular formula is C15H26N4O2S. The van der Waals surface area contributed by atoms with Crippen LogP contribution in [0.15, 0.2) is 41.2 Å². The quantitative estimate of drug-likeness (QED) is 0.294. The van der Waals surface area contributed by atoms with Crippen molar-refractivity contribution in [3.63, 3.8) is 0 Å². The summed E-state index contributed by atoms with van der Waals surface area (Å²) in [6, 6.07) is 8.38.